The minimum atomic E-state index is -3.35. The van der Waals surface area contributed by atoms with E-state index in [4.69, 9.17) is 4.42 Å². The molecule has 1 aromatic heterocycles. The molecule has 3 aromatic rings. The Hall–Kier alpha value is -2.18. The number of aryl methyl sites for hydroxylation is 2. The summed E-state index contributed by atoms with van der Waals surface area (Å²) >= 11 is 0. The molecule has 0 saturated heterocycles. The van der Waals surface area contributed by atoms with Gasteiger partial charge in [-0.05, 0) is 42.2 Å². The standard InChI is InChI=1S/C18H20N2O3S/c1-13-5-3-4-6-16(13)12-24(21,22)19-10-9-15-7-8-18-17(11-15)20-14(2)23-18/h3-8,11,19H,9-10,12H2,1-2H3. The van der Waals surface area contributed by atoms with Crippen LogP contribution in [0.5, 0.6) is 0 Å². The second-order valence-electron chi connectivity index (χ2n) is 5.86. The van der Waals surface area contributed by atoms with E-state index in [0.717, 1.165) is 27.8 Å². The highest BCUT2D eigenvalue weighted by atomic mass is 32.2. The summed E-state index contributed by atoms with van der Waals surface area (Å²) in [6.45, 7) is 4.08. The molecule has 0 amide bonds. The SMILES string of the molecule is Cc1nc2cc(CCNS(=O)(=O)Cc3ccccc3C)ccc2o1. The fourth-order valence-electron chi connectivity index (χ4n) is 2.62. The molecule has 0 radical (unpaired) electrons. The van der Waals surface area contributed by atoms with Crippen LogP contribution in [0.2, 0.25) is 0 Å². The van der Waals surface area contributed by atoms with Crippen molar-refractivity contribution in [2.75, 3.05) is 6.54 Å². The molecule has 6 heteroatoms. The Kier molecular flexibility index (Phi) is 4.69. The second kappa shape index (κ2) is 6.75. The summed E-state index contributed by atoms with van der Waals surface area (Å²) in [5.74, 6) is 0.627. The molecule has 1 heterocycles. The molecule has 0 saturated carbocycles. The Morgan fingerprint density at radius 1 is 1.12 bits per heavy atom. The first-order chi connectivity index (χ1) is 11.4. The van der Waals surface area contributed by atoms with Gasteiger partial charge in [-0.3, -0.25) is 0 Å². The van der Waals surface area contributed by atoms with Crippen LogP contribution < -0.4 is 4.72 Å². The lowest BCUT2D eigenvalue weighted by atomic mass is 10.1. The summed E-state index contributed by atoms with van der Waals surface area (Å²) in [6.07, 6.45) is 0.606. The van der Waals surface area contributed by atoms with Crippen LogP contribution in [0, 0.1) is 13.8 Å². The number of aromatic nitrogens is 1. The molecule has 2 aromatic carbocycles. The van der Waals surface area contributed by atoms with E-state index in [2.05, 4.69) is 9.71 Å². The maximum atomic E-state index is 12.2. The number of hydrogen-bond donors (Lipinski definition) is 1. The summed E-state index contributed by atoms with van der Waals surface area (Å²) < 4.78 is 32.5. The molecular weight excluding hydrogens is 324 g/mol. The zero-order valence-corrected chi connectivity index (χ0v) is 14.6. The van der Waals surface area contributed by atoms with Crippen molar-refractivity contribution in [1.82, 2.24) is 9.71 Å². The number of hydrogen-bond acceptors (Lipinski definition) is 4. The van der Waals surface area contributed by atoms with E-state index in [1.807, 2.05) is 49.4 Å². The Bertz CT molecular complexity index is 961. The summed E-state index contributed by atoms with van der Waals surface area (Å²) in [5, 5.41) is 0. The quantitative estimate of drug-likeness (QED) is 0.746. The van der Waals surface area contributed by atoms with E-state index in [1.165, 1.54) is 0 Å². The molecule has 0 unspecified atom stereocenters. The maximum Gasteiger partial charge on any atom is 0.215 e. The van der Waals surface area contributed by atoms with E-state index in [0.29, 0.717) is 18.9 Å². The van der Waals surface area contributed by atoms with Gasteiger partial charge in [-0.2, -0.15) is 0 Å². The van der Waals surface area contributed by atoms with Crippen molar-refractivity contribution < 1.29 is 12.8 Å². The predicted octanol–water partition coefficient (Wildman–Crippen LogP) is 3.11. The van der Waals surface area contributed by atoms with Crippen molar-refractivity contribution >= 4 is 21.1 Å². The van der Waals surface area contributed by atoms with Gasteiger partial charge in [0.1, 0.15) is 5.52 Å². The molecular formula is C18H20N2O3S. The van der Waals surface area contributed by atoms with Gasteiger partial charge in [0, 0.05) is 13.5 Å². The van der Waals surface area contributed by atoms with Crippen molar-refractivity contribution in [3.05, 3.63) is 65.0 Å². The van der Waals surface area contributed by atoms with Crippen LogP contribution in [-0.4, -0.2) is 19.9 Å². The first-order valence-corrected chi connectivity index (χ1v) is 9.46. The van der Waals surface area contributed by atoms with Gasteiger partial charge < -0.3 is 4.42 Å². The van der Waals surface area contributed by atoms with Gasteiger partial charge in [0.25, 0.3) is 0 Å². The van der Waals surface area contributed by atoms with Crippen LogP contribution >= 0.6 is 0 Å². The molecule has 0 spiro atoms. The molecule has 3 rings (SSSR count). The lowest BCUT2D eigenvalue weighted by Crippen LogP contribution is -2.27. The molecule has 0 aliphatic carbocycles. The fourth-order valence-corrected chi connectivity index (χ4v) is 3.87. The summed E-state index contributed by atoms with van der Waals surface area (Å²) in [6, 6.07) is 13.2. The molecule has 0 aliphatic heterocycles. The van der Waals surface area contributed by atoms with Gasteiger partial charge in [0.05, 0.1) is 5.75 Å². The average molecular weight is 344 g/mol. The highest BCUT2D eigenvalue weighted by Gasteiger charge is 2.12. The van der Waals surface area contributed by atoms with Crippen LogP contribution in [-0.2, 0) is 22.2 Å². The Morgan fingerprint density at radius 2 is 1.92 bits per heavy atom. The monoisotopic (exact) mass is 344 g/mol. The van der Waals surface area contributed by atoms with Crippen LogP contribution in [0.4, 0.5) is 0 Å². The Morgan fingerprint density at radius 3 is 2.71 bits per heavy atom. The zero-order valence-electron chi connectivity index (χ0n) is 13.7. The number of rotatable bonds is 6. The second-order valence-corrected chi connectivity index (χ2v) is 7.67. The number of benzene rings is 2. The van der Waals surface area contributed by atoms with E-state index >= 15 is 0 Å². The topological polar surface area (TPSA) is 72.2 Å². The fraction of sp³-hybridized carbons (Fsp3) is 0.278. The van der Waals surface area contributed by atoms with Crippen molar-refractivity contribution in [3.63, 3.8) is 0 Å². The van der Waals surface area contributed by atoms with E-state index in [9.17, 15) is 8.42 Å². The number of nitrogens with zero attached hydrogens (tertiary/aromatic N) is 1. The third kappa shape index (κ3) is 4.01. The highest BCUT2D eigenvalue weighted by Crippen LogP contribution is 2.17. The van der Waals surface area contributed by atoms with Crippen LogP contribution in [0.25, 0.3) is 11.1 Å². The zero-order chi connectivity index (χ0) is 17.2. The van der Waals surface area contributed by atoms with Crippen LogP contribution in [0.1, 0.15) is 22.6 Å². The van der Waals surface area contributed by atoms with Crippen molar-refractivity contribution in [1.29, 1.82) is 0 Å². The lowest BCUT2D eigenvalue weighted by Gasteiger charge is -2.09. The molecule has 5 nitrogen and oxygen atoms in total. The molecule has 0 bridgehead atoms. The highest BCUT2D eigenvalue weighted by molar-refractivity contribution is 7.88. The summed E-state index contributed by atoms with van der Waals surface area (Å²) in [4.78, 5) is 4.29. The van der Waals surface area contributed by atoms with Gasteiger partial charge >= 0.3 is 0 Å². The van der Waals surface area contributed by atoms with Crippen LogP contribution in [0.15, 0.2) is 46.9 Å². The predicted molar refractivity (Wildman–Crippen MR) is 94.3 cm³/mol. The van der Waals surface area contributed by atoms with Crippen molar-refractivity contribution in [3.8, 4) is 0 Å². The normalized spacial score (nSPS) is 11.9. The molecule has 0 fully saturated rings. The minimum Gasteiger partial charge on any atom is -0.441 e. The number of nitrogens with one attached hydrogen (secondary N) is 1. The first kappa shape index (κ1) is 16.7. The summed E-state index contributed by atoms with van der Waals surface area (Å²) in [5.41, 5.74) is 4.37. The number of sulfonamides is 1. The molecule has 126 valence electrons. The third-order valence-electron chi connectivity index (χ3n) is 3.90. The van der Waals surface area contributed by atoms with Crippen LogP contribution in [0.3, 0.4) is 0 Å². The summed E-state index contributed by atoms with van der Waals surface area (Å²) in [7, 11) is -3.35. The largest absolute Gasteiger partial charge is 0.441 e. The van der Waals surface area contributed by atoms with E-state index < -0.39 is 10.0 Å². The maximum absolute atomic E-state index is 12.2. The Balaban J connectivity index is 1.61. The number of fused-ring (bicyclic) bond motifs is 1. The molecule has 24 heavy (non-hydrogen) atoms. The van der Waals surface area contributed by atoms with Crippen molar-refractivity contribution in [2.45, 2.75) is 26.0 Å². The average Bonchev–Trinajstić information content (AvgIpc) is 2.88. The molecule has 0 aliphatic rings. The molecule has 1 N–H and O–H groups in total. The number of oxazole rings is 1. The van der Waals surface area contributed by atoms with E-state index in [1.54, 1.807) is 6.92 Å². The van der Waals surface area contributed by atoms with Gasteiger partial charge in [0.2, 0.25) is 10.0 Å². The lowest BCUT2D eigenvalue weighted by molar-refractivity contribution is 0.561. The Labute approximate surface area is 141 Å². The first-order valence-electron chi connectivity index (χ1n) is 7.81. The minimum absolute atomic E-state index is 0.00118. The van der Waals surface area contributed by atoms with Gasteiger partial charge in [-0.15, -0.1) is 0 Å². The van der Waals surface area contributed by atoms with Crippen molar-refractivity contribution in [2.24, 2.45) is 0 Å². The van der Waals surface area contributed by atoms with E-state index in [-0.39, 0.29) is 5.75 Å². The van der Waals surface area contributed by atoms with Gasteiger partial charge in [-0.25, -0.2) is 18.1 Å². The van der Waals surface area contributed by atoms with Gasteiger partial charge in [0.15, 0.2) is 11.5 Å². The third-order valence-corrected chi connectivity index (χ3v) is 5.24. The smallest absolute Gasteiger partial charge is 0.215 e. The van der Waals surface area contributed by atoms with Gasteiger partial charge in [-0.1, -0.05) is 30.3 Å². The molecule has 0 atom stereocenters.